The van der Waals surface area contributed by atoms with Gasteiger partial charge in [-0.25, -0.2) is 4.90 Å². The van der Waals surface area contributed by atoms with E-state index in [0.29, 0.717) is 24.5 Å². The number of carbonyl (C=O) groups excluding carboxylic acids is 2. The fourth-order valence-corrected chi connectivity index (χ4v) is 4.58. The molecular weight excluding hydrogens is 432 g/mol. The van der Waals surface area contributed by atoms with E-state index >= 15 is 0 Å². The first-order valence-electron chi connectivity index (χ1n) is 11.2. The number of piperazine rings is 1. The number of nitro benzene ring substituents is 1. The molecule has 3 aromatic carbocycles. The Balaban J connectivity index is 1.41. The molecule has 0 aromatic heterocycles. The number of benzene rings is 3. The first kappa shape index (κ1) is 21.8. The predicted octanol–water partition coefficient (Wildman–Crippen LogP) is 4.03. The van der Waals surface area contributed by atoms with Gasteiger partial charge in [0, 0.05) is 38.8 Å². The SMILES string of the molecule is Cc1ccc(N2C(=O)c3cc(N4CCN(Cc5ccccc5)CC4)c([N+](=O)[O-])cc3C2=O)cc1. The first-order valence-corrected chi connectivity index (χ1v) is 11.2. The van der Waals surface area contributed by atoms with E-state index in [9.17, 15) is 19.7 Å². The van der Waals surface area contributed by atoms with E-state index < -0.39 is 16.7 Å². The highest BCUT2D eigenvalue weighted by atomic mass is 16.6. The summed E-state index contributed by atoms with van der Waals surface area (Å²) in [7, 11) is 0. The number of aryl methyl sites for hydroxylation is 1. The second-order valence-electron chi connectivity index (χ2n) is 8.67. The third-order valence-corrected chi connectivity index (χ3v) is 6.43. The lowest BCUT2D eigenvalue weighted by Crippen LogP contribution is -2.46. The van der Waals surface area contributed by atoms with Crippen LogP contribution in [-0.2, 0) is 6.54 Å². The molecule has 0 radical (unpaired) electrons. The molecule has 2 amide bonds. The maximum atomic E-state index is 13.2. The van der Waals surface area contributed by atoms with Crippen LogP contribution in [0.1, 0.15) is 31.8 Å². The molecule has 0 N–H and O–H groups in total. The molecule has 0 bridgehead atoms. The standard InChI is InChI=1S/C26H24N4O4/c1-18-7-9-20(10-8-18)29-25(31)21-15-23(24(30(33)34)16-22(21)26(29)32)28-13-11-27(12-14-28)17-19-5-3-2-4-6-19/h2-10,15-16H,11-14,17H2,1H3. The Bertz CT molecular complexity index is 1270. The van der Waals surface area contributed by atoms with E-state index in [0.717, 1.165) is 30.1 Å². The molecule has 2 aliphatic rings. The van der Waals surface area contributed by atoms with Crippen molar-refractivity contribution in [2.24, 2.45) is 0 Å². The van der Waals surface area contributed by atoms with Crippen LogP contribution in [0, 0.1) is 17.0 Å². The average molecular weight is 457 g/mol. The van der Waals surface area contributed by atoms with Crippen LogP contribution in [0.5, 0.6) is 0 Å². The Morgan fingerprint density at radius 2 is 1.47 bits per heavy atom. The van der Waals surface area contributed by atoms with E-state index in [1.807, 2.05) is 42.2 Å². The van der Waals surface area contributed by atoms with Crippen molar-refractivity contribution in [3.8, 4) is 0 Å². The van der Waals surface area contributed by atoms with Crippen molar-refractivity contribution < 1.29 is 14.5 Å². The highest BCUT2D eigenvalue weighted by molar-refractivity contribution is 6.35. The number of carbonyl (C=O) groups is 2. The number of amides is 2. The van der Waals surface area contributed by atoms with Gasteiger partial charge in [-0.1, -0.05) is 48.0 Å². The van der Waals surface area contributed by atoms with Gasteiger partial charge < -0.3 is 4.90 Å². The summed E-state index contributed by atoms with van der Waals surface area (Å²) in [5, 5.41) is 11.9. The Morgan fingerprint density at radius 1 is 0.853 bits per heavy atom. The van der Waals surface area contributed by atoms with Crippen LogP contribution in [0.15, 0.2) is 66.7 Å². The van der Waals surface area contributed by atoms with Crippen LogP contribution < -0.4 is 9.80 Å². The number of hydrogen-bond donors (Lipinski definition) is 0. The van der Waals surface area contributed by atoms with Gasteiger partial charge in [0.2, 0.25) is 0 Å². The molecule has 0 aliphatic carbocycles. The maximum absolute atomic E-state index is 13.2. The van der Waals surface area contributed by atoms with Crippen molar-refractivity contribution in [1.29, 1.82) is 0 Å². The van der Waals surface area contributed by atoms with Crippen molar-refractivity contribution in [2.75, 3.05) is 36.0 Å². The molecule has 2 aliphatic heterocycles. The summed E-state index contributed by atoms with van der Waals surface area (Å²) in [5.74, 6) is -0.992. The molecule has 172 valence electrons. The van der Waals surface area contributed by atoms with Gasteiger partial charge in [-0.3, -0.25) is 24.6 Å². The van der Waals surface area contributed by atoms with Crippen molar-refractivity contribution in [3.05, 3.63) is 99.1 Å². The van der Waals surface area contributed by atoms with Crippen LogP contribution >= 0.6 is 0 Å². The van der Waals surface area contributed by atoms with Gasteiger partial charge in [0.1, 0.15) is 5.69 Å². The summed E-state index contributed by atoms with van der Waals surface area (Å²) in [6, 6.07) is 20.0. The molecule has 8 nitrogen and oxygen atoms in total. The molecule has 1 saturated heterocycles. The van der Waals surface area contributed by atoms with Crippen molar-refractivity contribution in [3.63, 3.8) is 0 Å². The summed E-state index contributed by atoms with van der Waals surface area (Å²) in [6.45, 7) is 5.41. The third kappa shape index (κ3) is 3.92. The second kappa shape index (κ2) is 8.72. The number of nitrogens with zero attached hydrogens (tertiary/aromatic N) is 4. The topological polar surface area (TPSA) is 87.0 Å². The fraction of sp³-hybridized carbons (Fsp3) is 0.231. The zero-order valence-electron chi connectivity index (χ0n) is 18.8. The molecular formula is C26H24N4O4. The largest absolute Gasteiger partial charge is 0.363 e. The molecule has 34 heavy (non-hydrogen) atoms. The number of imide groups is 1. The molecule has 0 saturated carbocycles. The lowest BCUT2D eigenvalue weighted by molar-refractivity contribution is -0.384. The minimum atomic E-state index is -0.536. The average Bonchev–Trinajstić information content (AvgIpc) is 3.09. The van der Waals surface area contributed by atoms with E-state index in [-0.39, 0.29) is 16.8 Å². The number of hydrogen-bond acceptors (Lipinski definition) is 6. The summed E-state index contributed by atoms with van der Waals surface area (Å²) in [4.78, 5) is 43.0. The summed E-state index contributed by atoms with van der Waals surface area (Å²) < 4.78 is 0. The van der Waals surface area contributed by atoms with Crippen LogP contribution in [0.25, 0.3) is 0 Å². The molecule has 0 unspecified atom stereocenters. The van der Waals surface area contributed by atoms with Crippen molar-refractivity contribution >= 4 is 28.9 Å². The molecule has 3 aromatic rings. The lowest BCUT2D eigenvalue weighted by Gasteiger charge is -2.36. The zero-order valence-corrected chi connectivity index (χ0v) is 18.8. The number of anilines is 2. The van der Waals surface area contributed by atoms with Gasteiger partial charge in [-0.2, -0.15) is 0 Å². The van der Waals surface area contributed by atoms with Gasteiger partial charge in [0.05, 0.1) is 21.7 Å². The molecule has 0 atom stereocenters. The summed E-state index contributed by atoms with van der Waals surface area (Å²) in [6.07, 6.45) is 0. The highest BCUT2D eigenvalue weighted by Gasteiger charge is 2.40. The summed E-state index contributed by atoms with van der Waals surface area (Å²) in [5.41, 5.74) is 3.19. The van der Waals surface area contributed by atoms with Gasteiger partial charge >= 0.3 is 0 Å². The second-order valence-corrected chi connectivity index (χ2v) is 8.67. The van der Waals surface area contributed by atoms with E-state index in [2.05, 4.69) is 17.0 Å². The van der Waals surface area contributed by atoms with Gasteiger partial charge in [0.25, 0.3) is 17.5 Å². The van der Waals surface area contributed by atoms with E-state index in [1.54, 1.807) is 12.1 Å². The molecule has 8 heteroatoms. The van der Waals surface area contributed by atoms with Gasteiger partial charge in [0.15, 0.2) is 0 Å². The zero-order chi connectivity index (χ0) is 23.8. The Kier molecular flexibility index (Phi) is 5.59. The molecule has 0 spiro atoms. The van der Waals surface area contributed by atoms with Crippen LogP contribution in [0.3, 0.4) is 0 Å². The third-order valence-electron chi connectivity index (χ3n) is 6.43. The quantitative estimate of drug-likeness (QED) is 0.327. The molecule has 5 rings (SSSR count). The normalized spacial score (nSPS) is 16.1. The Labute approximate surface area is 197 Å². The predicted molar refractivity (Wildman–Crippen MR) is 129 cm³/mol. The summed E-state index contributed by atoms with van der Waals surface area (Å²) >= 11 is 0. The lowest BCUT2D eigenvalue weighted by atomic mass is 10.1. The Hall–Kier alpha value is -4.04. The van der Waals surface area contributed by atoms with Crippen LogP contribution in [0.2, 0.25) is 0 Å². The number of nitro groups is 1. The highest BCUT2D eigenvalue weighted by Crippen LogP contribution is 2.37. The monoisotopic (exact) mass is 456 g/mol. The number of rotatable bonds is 5. The van der Waals surface area contributed by atoms with E-state index in [4.69, 9.17) is 0 Å². The van der Waals surface area contributed by atoms with Gasteiger partial charge in [-0.05, 0) is 30.7 Å². The maximum Gasteiger partial charge on any atom is 0.293 e. The van der Waals surface area contributed by atoms with Crippen LogP contribution in [-0.4, -0.2) is 47.8 Å². The van der Waals surface area contributed by atoms with Crippen molar-refractivity contribution in [1.82, 2.24) is 4.90 Å². The first-order chi connectivity index (χ1) is 16.4. The van der Waals surface area contributed by atoms with E-state index in [1.165, 1.54) is 17.7 Å². The number of fused-ring (bicyclic) bond motifs is 1. The molecule has 2 heterocycles. The van der Waals surface area contributed by atoms with Crippen LogP contribution in [0.4, 0.5) is 17.1 Å². The van der Waals surface area contributed by atoms with Gasteiger partial charge in [-0.15, -0.1) is 0 Å². The Morgan fingerprint density at radius 3 is 2.09 bits per heavy atom. The molecule has 1 fully saturated rings. The minimum Gasteiger partial charge on any atom is -0.363 e. The minimum absolute atomic E-state index is 0.0729. The smallest absolute Gasteiger partial charge is 0.293 e. The fourth-order valence-electron chi connectivity index (χ4n) is 4.58. The van der Waals surface area contributed by atoms with Crippen molar-refractivity contribution in [2.45, 2.75) is 13.5 Å².